The first-order chi connectivity index (χ1) is 8.42. The van der Waals surface area contributed by atoms with Crippen LogP contribution in [0.3, 0.4) is 0 Å². The standard InChI is InChI=1S/C15H17NS/c1-2-5-13-10-14(8-7-12(13)4-1)16-15-6-3-9-17-11-15/h1-2,4-5,7-8,10,15-16H,3,6,9,11H2. The van der Waals surface area contributed by atoms with Gasteiger partial charge in [0.1, 0.15) is 0 Å². The van der Waals surface area contributed by atoms with E-state index in [4.69, 9.17) is 0 Å². The number of rotatable bonds is 2. The van der Waals surface area contributed by atoms with Gasteiger partial charge in [0.15, 0.2) is 0 Å². The Morgan fingerprint density at radius 1 is 1.06 bits per heavy atom. The molecule has 2 heteroatoms. The molecule has 0 radical (unpaired) electrons. The first kappa shape index (κ1) is 11.0. The Morgan fingerprint density at radius 2 is 1.94 bits per heavy atom. The molecule has 1 saturated heterocycles. The second-order valence-corrected chi connectivity index (χ2v) is 5.77. The zero-order chi connectivity index (χ0) is 11.5. The second kappa shape index (κ2) is 5.01. The van der Waals surface area contributed by atoms with Crippen LogP contribution in [0.5, 0.6) is 0 Å². The molecule has 1 aliphatic heterocycles. The average Bonchev–Trinajstić information content (AvgIpc) is 2.40. The van der Waals surface area contributed by atoms with E-state index in [0.29, 0.717) is 6.04 Å². The van der Waals surface area contributed by atoms with Crippen LogP contribution in [0.25, 0.3) is 10.8 Å². The minimum absolute atomic E-state index is 0.648. The van der Waals surface area contributed by atoms with E-state index in [1.165, 1.54) is 40.8 Å². The highest BCUT2D eigenvalue weighted by atomic mass is 32.2. The van der Waals surface area contributed by atoms with Gasteiger partial charge in [0.2, 0.25) is 0 Å². The normalized spacial score (nSPS) is 20.4. The molecule has 0 spiro atoms. The molecule has 1 N–H and O–H groups in total. The summed E-state index contributed by atoms with van der Waals surface area (Å²) in [5, 5.41) is 6.29. The van der Waals surface area contributed by atoms with Crippen molar-refractivity contribution in [2.45, 2.75) is 18.9 Å². The molecule has 0 amide bonds. The van der Waals surface area contributed by atoms with Gasteiger partial charge in [0, 0.05) is 17.5 Å². The summed E-state index contributed by atoms with van der Waals surface area (Å²) >= 11 is 2.06. The lowest BCUT2D eigenvalue weighted by Crippen LogP contribution is -2.25. The van der Waals surface area contributed by atoms with Gasteiger partial charge in [-0.15, -0.1) is 0 Å². The van der Waals surface area contributed by atoms with Crippen molar-refractivity contribution in [1.29, 1.82) is 0 Å². The Morgan fingerprint density at radius 3 is 2.76 bits per heavy atom. The predicted octanol–water partition coefficient (Wildman–Crippen LogP) is 4.15. The van der Waals surface area contributed by atoms with Crippen molar-refractivity contribution in [2.24, 2.45) is 0 Å². The van der Waals surface area contributed by atoms with Crippen molar-refractivity contribution < 1.29 is 0 Å². The molecule has 0 aliphatic carbocycles. The maximum atomic E-state index is 3.65. The maximum Gasteiger partial charge on any atom is 0.0352 e. The first-order valence-corrected chi connectivity index (χ1v) is 7.40. The summed E-state index contributed by atoms with van der Waals surface area (Å²) in [4.78, 5) is 0. The van der Waals surface area contributed by atoms with Gasteiger partial charge in [0.05, 0.1) is 0 Å². The molecule has 1 unspecified atom stereocenters. The van der Waals surface area contributed by atoms with Gasteiger partial charge in [0.25, 0.3) is 0 Å². The van der Waals surface area contributed by atoms with Crippen LogP contribution in [0.1, 0.15) is 12.8 Å². The van der Waals surface area contributed by atoms with E-state index in [0.717, 1.165) is 0 Å². The number of benzene rings is 2. The second-order valence-electron chi connectivity index (χ2n) is 4.62. The Bertz CT molecular complexity index is 503. The van der Waals surface area contributed by atoms with Crippen LogP contribution in [0.15, 0.2) is 42.5 Å². The number of anilines is 1. The average molecular weight is 243 g/mol. The monoisotopic (exact) mass is 243 g/mol. The van der Waals surface area contributed by atoms with E-state index in [9.17, 15) is 0 Å². The smallest absolute Gasteiger partial charge is 0.0352 e. The van der Waals surface area contributed by atoms with Crippen molar-refractivity contribution >= 4 is 28.2 Å². The number of thioether (sulfide) groups is 1. The topological polar surface area (TPSA) is 12.0 Å². The van der Waals surface area contributed by atoms with E-state index in [2.05, 4.69) is 59.5 Å². The van der Waals surface area contributed by atoms with Gasteiger partial charge in [-0.3, -0.25) is 0 Å². The van der Waals surface area contributed by atoms with Gasteiger partial charge in [-0.1, -0.05) is 30.3 Å². The summed E-state index contributed by atoms with van der Waals surface area (Å²) in [5.41, 5.74) is 1.26. The molecule has 88 valence electrons. The van der Waals surface area contributed by atoms with Gasteiger partial charge in [-0.2, -0.15) is 11.8 Å². The molecule has 1 atom stereocenters. The van der Waals surface area contributed by atoms with Gasteiger partial charge in [-0.05, 0) is 41.5 Å². The Hall–Kier alpha value is -1.15. The van der Waals surface area contributed by atoms with Crippen LogP contribution in [-0.2, 0) is 0 Å². The molecule has 2 aromatic carbocycles. The molecular formula is C15H17NS. The molecule has 0 aromatic heterocycles. The van der Waals surface area contributed by atoms with Crippen molar-refractivity contribution in [3.8, 4) is 0 Å². The number of hydrogen-bond donors (Lipinski definition) is 1. The molecule has 1 fully saturated rings. The summed E-state index contributed by atoms with van der Waals surface area (Å²) in [7, 11) is 0. The van der Waals surface area contributed by atoms with Crippen LogP contribution in [0.4, 0.5) is 5.69 Å². The molecule has 17 heavy (non-hydrogen) atoms. The highest BCUT2D eigenvalue weighted by Crippen LogP contribution is 2.23. The van der Waals surface area contributed by atoms with E-state index in [1.807, 2.05) is 0 Å². The van der Waals surface area contributed by atoms with Crippen molar-refractivity contribution in [3.63, 3.8) is 0 Å². The molecular weight excluding hydrogens is 226 g/mol. The van der Waals surface area contributed by atoms with Crippen LogP contribution in [-0.4, -0.2) is 17.5 Å². The summed E-state index contributed by atoms with van der Waals surface area (Å²) < 4.78 is 0. The Balaban J connectivity index is 1.80. The third kappa shape index (κ3) is 2.58. The van der Waals surface area contributed by atoms with Crippen molar-refractivity contribution in [3.05, 3.63) is 42.5 Å². The minimum Gasteiger partial charge on any atom is -0.381 e. The summed E-state index contributed by atoms with van der Waals surface area (Å²) in [6.45, 7) is 0. The van der Waals surface area contributed by atoms with Crippen LogP contribution >= 0.6 is 11.8 Å². The number of fused-ring (bicyclic) bond motifs is 1. The quantitative estimate of drug-likeness (QED) is 0.850. The zero-order valence-electron chi connectivity index (χ0n) is 9.86. The minimum atomic E-state index is 0.648. The van der Waals surface area contributed by atoms with Crippen LogP contribution < -0.4 is 5.32 Å². The van der Waals surface area contributed by atoms with Crippen molar-refractivity contribution in [1.82, 2.24) is 0 Å². The fourth-order valence-corrected chi connectivity index (χ4v) is 3.44. The maximum absolute atomic E-state index is 3.65. The highest BCUT2D eigenvalue weighted by molar-refractivity contribution is 7.99. The molecule has 0 saturated carbocycles. The lowest BCUT2D eigenvalue weighted by Gasteiger charge is -2.23. The number of hydrogen-bond acceptors (Lipinski definition) is 2. The third-order valence-corrected chi connectivity index (χ3v) is 4.50. The fraction of sp³-hybridized carbons (Fsp3) is 0.333. The first-order valence-electron chi connectivity index (χ1n) is 6.25. The van der Waals surface area contributed by atoms with Gasteiger partial charge >= 0.3 is 0 Å². The Kier molecular flexibility index (Phi) is 3.23. The number of nitrogens with one attached hydrogen (secondary N) is 1. The lowest BCUT2D eigenvalue weighted by atomic mass is 10.1. The Labute approximate surface area is 107 Å². The summed E-state index contributed by atoms with van der Waals surface area (Å²) in [6.07, 6.45) is 2.65. The molecule has 1 nitrogen and oxygen atoms in total. The summed E-state index contributed by atoms with van der Waals surface area (Å²) in [6, 6.07) is 15.8. The van der Waals surface area contributed by atoms with E-state index in [-0.39, 0.29) is 0 Å². The molecule has 3 rings (SSSR count). The van der Waals surface area contributed by atoms with Crippen LogP contribution in [0, 0.1) is 0 Å². The molecule has 1 aliphatic rings. The fourth-order valence-electron chi connectivity index (χ4n) is 2.37. The lowest BCUT2D eigenvalue weighted by molar-refractivity contribution is 0.685. The third-order valence-electron chi connectivity index (χ3n) is 3.28. The highest BCUT2D eigenvalue weighted by Gasteiger charge is 2.13. The summed E-state index contributed by atoms with van der Waals surface area (Å²) in [5.74, 6) is 2.57. The van der Waals surface area contributed by atoms with Crippen LogP contribution in [0.2, 0.25) is 0 Å². The largest absolute Gasteiger partial charge is 0.381 e. The van der Waals surface area contributed by atoms with E-state index >= 15 is 0 Å². The van der Waals surface area contributed by atoms with Gasteiger partial charge < -0.3 is 5.32 Å². The van der Waals surface area contributed by atoms with E-state index < -0.39 is 0 Å². The molecule has 0 bridgehead atoms. The van der Waals surface area contributed by atoms with Gasteiger partial charge in [-0.25, -0.2) is 0 Å². The van der Waals surface area contributed by atoms with Crippen molar-refractivity contribution in [2.75, 3.05) is 16.8 Å². The predicted molar refractivity (Wildman–Crippen MR) is 77.9 cm³/mol. The molecule has 1 heterocycles. The SMILES string of the molecule is c1ccc2cc(NC3CCCSC3)ccc2c1. The zero-order valence-corrected chi connectivity index (χ0v) is 10.7. The molecule has 2 aromatic rings. The van der Waals surface area contributed by atoms with E-state index in [1.54, 1.807) is 0 Å².